The highest BCUT2D eigenvalue weighted by molar-refractivity contribution is 7.89. The van der Waals surface area contributed by atoms with Gasteiger partial charge in [-0.2, -0.15) is 0 Å². The van der Waals surface area contributed by atoms with Crippen LogP contribution in [0.2, 0.25) is 0 Å². The van der Waals surface area contributed by atoms with Crippen LogP contribution >= 0.6 is 0 Å². The van der Waals surface area contributed by atoms with Gasteiger partial charge < -0.3 is 4.90 Å². The largest absolute Gasteiger partial charge is 0.308 e. The second-order valence-electron chi connectivity index (χ2n) is 5.79. The summed E-state index contributed by atoms with van der Waals surface area (Å²) in [7, 11) is -0.547. The summed E-state index contributed by atoms with van der Waals surface area (Å²) in [4.78, 5) is 14.4. The fraction of sp³-hybridized carbons (Fsp3) is 0.235. The first-order chi connectivity index (χ1) is 11.3. The van der Waals surface area contributed by atoms with Crippen molar-refractivity contribution in [3.63, 3.8) is 0 Å². The lowest BCUT2D eigenvalue weighted by Gasteiger charge is -2.18. The summed E-state index contributed by atoms with van der Waals surface area (Å²) in [5.74, 6) is -0.621. The van der Waals surface area contributed by atoms with E-state index in [0.717, 1.165) is 9.87 Å². The van der Waals surface area contributed by atoms with Crippen LogP contribution < -0.4 is 4.90 Å². The van der Waals surface area contributed by atoms with E-state index in [0.29, 0.717) is 24.2 Å². The summed E-state index contributed by atoms with van der Waals surface area (Å²) in [5.41, 5.74) is 1.91. The Morgan fingerprint density at radius 1 is 1.12 bits per heavy atom. The second kappa shape index (κ2) is 5.99. The summed E-state index contributed by atoms with van der Waals surface area (Å²) in [6, 6.07) is 10.2. The van der Waals surface area contributed by atoms with E-state index in [4.69, 9.17) is 0 Å². The quantitative estimate of drug-likeness (QED) is 0.855. The first kappa shape index (κ1) is 16.6. The molecule has 126 valence electrons. The molecule has 0 N–H and O–H groups in total. The Balaban J connectivity index is 1.93. The van der Waals surface area contributed by atoms with Gasteiger partial charge in [0.05, 0.1) is 4.90 Å². The van der Waals surface area contributed by atoms with Crippen LogP contribution in [0.25, 0.3) is 0 Å². The minimum atomic E-state index is -3.50. The third-order valence-corrected chi connectivity index (χ3v) is 5.87. The van der Waals surface area contributed by atoms with Gasteiger partial charge in [-0.05, 0) is 54.4 Å². The number of anilines is 1. The highest BCUT2D eigenvalue weighted by Crippen LogP contribution is 2.31. The number of halogens is 1. The summed E-state index contributed by atoms with van der Waals surface area (Å²) < 4.78 is 38.6. The van der Waals surface area contributed by atoms with E-state index in [2.05, 4.69) is 0 Å². The average molecular weight is 348 g/mol. The number of benzene rings is 2. The Morgan fingerprint density at radius 2 is 1.79 bits per heavy atom. The fourth-order valence-electron chi connectivity index (χ4n) is 2.71. The average Bonchev–Trinajstić information content (AvgIpc) is 2.97. The van der Waals surface area contributed by atoms with Crippen LogP contribution in [-0.4, -0.2) is 39.3 Å². The third-order valence-electron chi connectivity index (χ3n) is 4.06. The van der Waals surface area contributed by atoms with E-state index in [-0.39, 0.29) is 10.8 Å². The summed E-state index contributed by atoms with van der Waals surface area (Å²) in [5, 5.41) is 0. The lowest BCUT2D eigenvalue weighted by molar-refractivity contribution is 0.0989. The number of carbonyl (C=O) groups is 1. The first-order valence-electron chi connectivity index (χ1n) is 7.43. The molecule has 0 fully saturated rings. The van der Waals surface area contributed by atoms with Crippen LogP contribution in [-0.2, 0) is 16.4 Å². The molecule has 0 unspecified atom stereocenters. The Kier molecular flexibility index (Phi) is 4.15. The molecule has 0 atom stereocenters. The van der Waals surface area contributed by atoms with E-state index in [1.807, 2.05) is 0 Å². The Morgan fingerprint density at radius 3 is 2.42 bits per heavy atom. The summed E-state index contributed by atoms with van der Waals surface area (Å²) in [6.07, 6.45) is 0.582. The number of nitrogens with zero attached hydrogens (tertiary/aromatic N) is 2. The number of sulfonamides is 1. The Bertz CT molecular complexity index is 893. The molecule has 24 heavy (non-hydrogen) atoms. The summed E-state index contributed by atoms with van der Waals surface area (Å²) in [6.45, 7) is 0.469. The van der Waals surface area contributed by atoms with Crippen LogP contribution in [0.3, 0.4) is 0 Å². The van der Waals surface area contributed by atoms with Gasteiger partial charge in [0.2, 0.25) is 10.0 Å². The fourth-order valence-corrected chi connectivity index (χ4v) is 3.66. The number of amides is 1. The zero-order valence-corrected chi connectivity index (χ0v) is 14.2. The maximum Gasteiger partial charge on any atom is 0.258 e. The molecule has 5 nitrogen and oxygen atoms in total. The maximum atomic E-state index is 13.0. The second-order valence-corrected chi connectivity index (χ2v) is 7.94. The molecule has 0 bridgehead atoms. The lowest BCUT2D eigenvalue weighted by Crippen LogP contribution is -2.28. The molecule has 3 rings (SSSR count). The van der Waals surface area contributed by atoms with Crippen LogP contribution in [0, 0.1) is 5.82 Å². The van der Waals surface area contributed by atoms with Crippen LogP contribution in [0.4, 0.5) is 10.1 Å². The standard InChI is InChI=1S/C17H17FN2O3S/c1-19(2)24(22,23)15-7-8-16-13(11-15)9-10-20(16)17(21)12-3-5-14(18)6-4-12/h3-8,11H,9-10H2,1-2H3. The van der Waals surface area contributed by atoms with Gasteiger partial charge in [0, 0.05) is 31.9 Å². The van der Waals surface area contributed by atoms with Crippen molar-refractivity contribution < 1.29 is 17.6 Å². The smallest absolute Gasteiger partial charge is 0.258 e. The lowest BCUT2D eigenvalue weighted by atomic mass is 10.1. The number of hydrogen-bond donors (Lipinski definition) is 0. The Hall–Kier alpha value is -2.25. The highest BCUT2D eigenvalue weighted by atomic mass is 32.2. The van der Waals surface area contributed by atoms with Gasteiger partial charge in [0.1, 0.15) is 5.82 Å². The van der Waals surface area contributed by atoms with Gasteiger partial charge in [-0.3, -0.25) is 4.79 Å². The molecule has 0 saturated heterocycles. The van der Waals surface area contributed by atoms with E-state index < -0.39 is 15.8 Å². The van der Waals surface area contributed by atoms with E-state index >= 15 is 0 Å². The van der Waals surface area contributed by atoms with Gasteiger partial charge in [0.15, 0.2) is 0 Å². The van der Waals surface area contributed by atoms with Crippen molar-refractivity contribution in [3.8, 4) is 0 Å². The number of carbonyl (C=O) groups excluding carboxylic acids is 1. The first-order valence-corrected chi connectivity index (χ1v) is 8.87. The van der Waals surface area contributed by atoms with Crippen molar-refractivity contribution >= 4 is 21.6 Å². The molecule has 0 radical (unpaired) electrons. The maximum absolute atomic E-state index is 13.0. The molecule has 0 aliphatic carbocycles. The molecule has 7 heteroatoms. The van der Waals surface area contributed by atoms with Gasteiger partial charge in [-0.1, -0.05) is 0 Å². The molecular weight excluding hydrogens is 331 g/mol. The van der Waals surface area contributed by atoms with Crippen molar-refractivity contribution in [3.05, 3.63) is 59.4 Å². The van der Waals surface area contributed by atoms with Crippen molar-refractivity contribution in [2.45, 2.75) is 11.3 Å². The van der Waals surface area contributed by atoms with Gasteiger partial charge >= 0.3 is 0 Å². The monoisotopic (exact) mass is 348 g/mol. The van der Waals surface area contributed by atoms with Gasteiger partial charge in [-0.15, -0.1) is 0 Å². The number of rotatable bonds is 3. The normalized spacial score (nSPS) is 14.1. The van der Waals surface area contributed by atoms with E-state index in [1.54, 1.807) is 17.0 Å². The Labute approximate surface area is 140 Å². The molecule has 0 aromatic heterocycles. The molecule has 0 spiro atoms. The molecule has 1 aliphatic rings. The minimum absolute atomic E-state index is 0.210. The van der Waals surface area contributed by atoms with Crippen LogP contribution in [0.1, 0.15) is 15.9 Å². The number of hydrogen-bond acceptors (Lipinski definition) is 3. The van der Waals surface area contributed by atoms with Crippen molar-refractivity contribution in [1.29, 1.82) is 0 Å². The van der Waals surface area contributed by atoms with E-state index in [1.165, 1.54) is 44.4 Å². The highest BCUT2D eigenvalue weighted by Gasteiger charge is 2.28. The molecule has 2 aromatic rings. The molecule has 1 aliphatic heterocycles. The minimum Gasteiger partial charge on any atom is -0.308 e. The van der Waals surface area contributed by atoms with Crippen molar-refractivity contribution in [2.24, 2.45) is 0 Å². The van der Waals surface area contributed by atoms with Crippen molar-refractivity contribution in [2.75, 3.05) is 25.5 Å². The molecule has 0 saturated carbocycles. The van der Waals surface area contributed by atoms with Gasteiger partial charge in [-0.25, -0.2) is 17.1 Å². The van der Waals surface area contributed by atoms with Crippen LogP contribution in [0.15, 0.2) is 47.4 Å². The SMILES string of the molecule is CN(C)S(=O)(=O)c1ccc2c(c1)CCN2C(=O)c1ccc(F)cc1. The predicted octanol–water partition coefficient (Wildman–Crippen LogP) is 2.28. The molecule has 2 aromatic carbocycles. The van der Waals surface area contributed by atoms with Crippen LogP contribution in [0.5, 0.6) is 0 Å². The third kappa shape index (κ3) is 2.81. The van der Waals surface area contributed by atoms with Crippen molar-refractivity contribution in [1.82, 2.24) is 4.31 Å². The number of fused-ring (bicyclic) bond motifs is 1. The molecule has 1 heterocycles. The van der Waals surface area contributed by atoms with E-state index in [9.17, 15) is 17.6 Å². The van der Waals surface area contributed by atoms with Gasteiger partial charge in [0.25, 0.3) is 5.91 Å². The topological polar surface area (TPSA) is 57.7 Å². The molecule has 1 amide bonds. The molecular formula is C17H17FN2O3S. The zero-order valence-electron chi connectivity index (χ0n) is 13.4. The zero-order chi connectivity index (χ0) is 17.5. The predicted molar refractivity (Wildman–Crippen MR) is 89.1 cm³/mol. The summed E-state index contributed by atoms with van der Waals surface area (Å²) >= 11 is 0.